The predicted molar refractivity (Wildman–Crippen MR) is 236 cm³/mol. The van der Waals surface area contributed by atoms with Crippen molar-refractivity contribution in [3.63, 3.8) is 0 Å². The van der Waals surface area contributed by atoms with E-state index in [1.54, 1.807) is 0 Å². The zero-order valence-corrected chi connectivity index (χ0v) is 31.2. The Morgan fingerprint density at radius 3 is 2.18 bits per heavy atom. The summed E-state index contributed by atoms with van der Waals surface area (Å²) in [4.78, 5) is 2.27. The van der Waals surface area contributed by atoms with Gasteiger partial charge in [-0.3, -0.25) is 0 Å². The van der Waals surface area contributed by atoms with Gasteiger partial charge in [-0.2, -0.15) is 0 Å². The molecule has 0 saturated heterocycles. The minimum Gasteiger partial charge on any atom is -0.455 e. The van der Waals surface area contributed by atoms with Crippen molar-refractivity contribution in [2.24, 2.45) is 0 Å². The zero-order valence-electron chi connectivity index (χ0n) is 31.2. The highest BCUT2D eigenvalue weighted by atomic mass is 16.3. The molecule has 0 spiro atoms. The lowest BCUT2D eigenvalue weighted by Gasteiger charge is -2.26. The maximum Gasteiger partial charge on any atom is 0.143 e. The first-order valence-electron chi connectivity index (χ1n) is 18.8. The predicted octanol–water partition coefficient (Wildman–Crippen LogP) is 14.6. The van der Waals surface area contributed by atoms with Crippen LogP contribution in [-0.2, 0) is 5.41 Å². The summed E-state index contributed by atoms with van der Waals surface area (Å²) in [5.41, 5.74) is 12.0. The van der Waals surface area contributed by atoms with Crippen LogP contribution in [-0.4, -0.2) is 0 Å². The highest BCUT2D eigenvalue weighted by Crippen LogP contribution is 2.50. The summed E-state index contributed by atoms with van der Waals surface area (Å²) in [6, 6.07) is 49.9. The van der Waals surface area contributed by atoms with Crippen molar-refractivity contribution in [1.82, 2.24) is 0 Å². The van der Waals surface area contributed by atoms with Crippen molar-refractivity contribution < 1.29 is 4.42 Å². The van der Waals surface area contributed by atoms with E-state index < -0.39 is 0 Å². The average molecular weight is 708 g/mol. The third-order valence-corrected chi connectivity index (χ3v) is 11.0. The maximum absolute atomic E-state index is 6.79. The van der Waals surface area contributed by atoms with Gasteiger partial charge >= 0.3 is 0 Å². The number of fused-ring (bicyclic) bond motifs is 9. The van der Waals surface area contributed by atoms with E-state index in [1.807, 2.05) is 18.2 Å². The van der Waals surface area contributed by atoms with Crippen molar-refractivity contribution >= 4 is 60.8 Å². The molecule has 1 aliphatic carbocycles. The number of hydrogen-bond donors (Lipinski definition) is 0. The molecule has 2 heteroatoms. The molecule has 0 radical (unpaired) electrons. The summed E-state index contributed by atoms with van der Waals surface area (Å²) in [7, 11) is 0. The number of para-hydroxylation sites is 1. The summed E-state index contributed by atoms with van der Waals surface area (Å²) in [6.07, 6.45) is 16.4. The second kappa shape index (κ2) is 13.8. The molecule has 0 saturated carbocycles. The van der Waals surface area contributed by atoms with E-state index in [4.69, 9.17) is 4.42 Å². The second-order valence-corrected chi connectivity index (χ2v) is 14.7. The molecule has 0 unspecified atom stereocenters. The first kappa shape index (κ1) is 33.9. The van der Waals surface area contributed by atoms with E-state index >= 15 is 0 Å². The van der Waals surface area contributed by atoms with Gasteiger partial charge < -0.3 is 9.32 Å². The van der Waals surface area contributed by atoms with E-state index in [0.717, 1.165) is 60.8 Å². The molecule has 9 rings (SSSR count). The van der Waals surface area contributed by atoms with Gasteiger partial charge in [-0.1, -0.05) is 167 Å². The van der Waals surface area contributed by atoms with Crippen LogP contribution in [0.15, 0.2) is 205 Å². The lowest BCUT2D eigenvalue weighted by atomic mass is 9.82. The van der Waals surface area contributed by atoms with Crippen LogP contribution in [0.2, 0.25) is 0 Å². The minimum absolute atomic E-state index is 0.153. The first-order valence-corrected chi connectivity index (χ1v) is 18.8. The molecule has 0 bridgehead atoms. The number of hydrogen-bond acceptors (Lipinski definition) is 2. The van der Waals surface area contributed by atoms with Crippen LogP contribution in [0.3, 0.4) is 0 Å². The van der Waals surface area contributed by atoms with Crippen LogP contribution >= 0.6 is 0 Å². The Hall–Kier alpha value is -6.90. The molecule has 0 amide bonds. The van der Waals surface area contributed by atoms with Crippen molar-refractivity contribution in [3.8, 4) is 11.1 Å². The largest absolute Gasteiger partial charge is 0.455 e. The van der Waals surface area contributed by atoms with Crippen LogP contribution in [0, 0.1) is 0 Å². The number of anilines is 1. The highest BCUT2D eigenvalue weighted by Gasteiger charge is 2.35. The van der Waals surface area contributed by atoms with Gasteiger partial charge in [0.15, 0.2) is 0 Å². The molecule has 264 valence electrons. The molecule has 1 heterocycles. The lowest BCUT2D eigenvalue weighted by molar-refractivity contribution is 0.660. The number of benzene rings is 7. The fraction of sp³-hybridized carbons (Fsp3) is 0.0566. The van der Waals surface area contributed by atoms with Crippen molar-refractivity contribution in [2.75, 3.05) is 4.90 Å². The van der Waals surface area contributed by atoms with Gasteiger partial charge in [0.2, 0.25) is 0 Å². The van der Waals surface area contributed by atoms with Gasteiger partial charge in [-0.05, 0) is 92.0 Å². The molecule has 1 aromatic heterocycles. The van der Waals surface area contributed by atoms with E-state index in [1.165, 1.54) is 33.0 Å². The fourth-order valence-electron chi connectivity index (χ4n) is 8.25. The third kappa shape index (κ3) is 5.93. The Balaban J connectivity index is 1.24. The van der Waals surface area contributed by atoms with Crippen molar-refractivity contribution in [2.45, 2.75) is 19.3 Å². The molecule has 0 fully saturated rings. The third-order valence-electron chi connectivity index (χ3n) is 11.0. The summed E-state index contributed by atoms with van der Waals surface area (Å²) in [5, 5.41) is 6.88. The standard InChI is InChI=1S/C53H41NO/c1-5-7-20-42(34-41-19-14-23-47-48-29-27-38-17-10-11-21-44(38)52(48)55-51(41)47)54(32-31-36(15-6-2)40-26-25-37-16-8-9-18-39(37)33-40)43-28-30-46-45-22-12-13-24-49(45)53(3,4)50(46)35-43/h5-35H,1-2H2,3-4H3/b20-7-,32-31+,36-15+,42-34-. The van der Waals surface area contributed by atoms with E-state index in [9.17, 15) is 0 Å². The Bertz CT molecular complexity index is 2940. The molecular formula is C53H41NO. The van der Waals surface area contributed by atoms with Gasteiger partial charge in [0.05, 0.1) is 0 Å². The maximum atomic E-state index is 6.79. The van der Waals surface area contributed by atoms with Crippen LogP contribution in [0.4, 0.5) is 5.69 Å². The van der Waals surface area contributed by atoms with E-state index in [2.05, 4.69) is 202 Å². The Morgan fingerprint density at radius 1 is 0.600 bits per heavy atom. The fourth-order valence-corrected chi connectivity index (χ4v) is 8.25. The van der Waals surface area contributed by atoms with Crippen LogP contribution < -0.4 is 4.90 Å². The Labute approximate surface area is 322 Å². The monoisotopic (exact) mass is 707 g/mol. The van der Waals surface area contributed by atoms with Gasteiger partial charge in [-0.25, -0.2) is 0 Å². The summed E-state index contributed by atoms with van der Waals surface area (Å²) >= 11 is 0. The van der Waals surface area contributed by atoms with Gasteiger partial charge in [0.25, 0.3) is 0 Å². The first-order chi connectivity index (χ1) is 26.9. The summed E-state index contributed by atoms with van der Waals surface area (Å²) in [5.74, 6) is 0. The summed E-state index contributed by atoms with van der Waals surface area (Å²) in [6.45, 7) is 12.8. The second-order valence-electron chi connectivity index (χ2n) is 14.7. The van der Waals surface area contributed by atoms with Gasteiger partial charge in [-0.15, -0.1) is 0 Å². The van der Waals surface area contributed by atoms with E-state index in [0.29, 0.717) is 0 Å². The molecular weight excluding hydrogens is 667 g/mol. The molecule has 2 nitrogen and oxygen atoms in total. The smallest absolute Gasteiger partial charge is 0.143 e. The molecule has 1 aliphatic rings. The van der Waals surface area contributed by atoms with Gasteiger partial charge in [0, 0.05) is 44.7 Å². The zero-order chi connectivity index (χ0) is 37.5. The quantitative estimate of drug-likeness (QED) is 0.139. The number of allylic oxidation sites excluding steroid dienone is 7. The highest BCUT2D eigenvalue weighted by molar-refractivity contribution is 6.16. The summed E-state index contributed by atoms with van der Waals surface area (Å²) < 4.78 is 6.79. The average Bonchev–Trinajstić information content (AvgIpc) is 3.72. The molecule has 8 aromatic rings. The molecule has 0 N–H and O–H groups in total. The molecule has 7 aromatic carbocycles. The minimum atomic E-state index is -0.153. The number of furan rings is 1. The van der Waals surface area contributed by atoms with Crippen LogP contribution in [0.5, 0.6) is 0 Å². The normalized spacial score (nSPS) is 14.0. The van der Waals surface area contributed by atoms with Gasteiger partial charge in [0.1, 0.15) is 11.2 Å². The van der Waals surface area contributed by atoms with E-state index in [-0.39, 0.29) is 5.41 Å². The van der Waals surface area contributed by atoms with Crippen molar-refractivity contribution in [3.05, 3.63) is 223 Å². The molecule has 0 aliphatic heterocycles. The number of nitrogens with zero attached hydrogens (tertiary/aromatic N) is 1. The molecule has 55 heavy (non-hydrogen) atoms. The number of rotatable bonds is 9. The Morgan fingerprint density at radius 2 is 1.33 bits per heavy atom. The molecule has 0 atom stereocenters. The SMILES string of the molecule is C=C/C=C\C(=C\c1cccc2c1oc1c3ccccc3ccc21)N(/C=C/C(=C\C=C)c1ccc2ccccc2c1)c1ccc2c(c1)C(C)(C)c1ccccc1-2. The Kier molecular flexibility index (Phi) is 8.52. The topological polar surface area (TPSA) is 16.4 Å². The van der Waals surface area contributed by atoms with Crippen molar-refractivity contribution in [1.29, 1.82) is 0 Å². The van der Waals surface area contributed by atoms with Crippen LogP contribution in [0.25, 0.3) is 66.3 Å². The van der Waals surface area contributed by atoms with Crippen LogP contribution in [0.1, 0.15) is 36.1 Å². The lowest BCUT2D eigenvalue weighted by Crippen LogP contribution is -2.18.